The van der Waals surface area contributed by atoms with Crippen LogP contribution in [0.25, 0.3) is 10.9 Å². The number of rotatable bonds is 8. The van der Waals surface area contributed by atoms with Gasteiger partial charge in [0.25, 0.3) is 5.91 Å². The van der Waals surface area contributed by atoms with Gasteiger partial charge < -0.3 is 19.5 Å². The first-order valence-corrected chi connectivity index (χ1v) is 11.7. The molecule has 0 saturated heterocycles. The fourth-order valence-corrected chi connectivity index (χ4v) is 4.41. The zero-order valence-electron chi connectivity index (χ0n) is 19.9. The molecule has 0 fully saturated rings. The number of para-hydroxylation sites is 1. The molecule has 1 aromatic heterocycles. The summed E-state index contributed by atoms with van der Waals surface area (Å²) in [6, 6.07) is 18.0. The maximum atomic E-state index is 13.7. The lowest BCUT2D eigenvalue weighted by atomic mass is 9.93. The largest absolute Gasteiger partial charge is 0.379 e. The van der Waals surface area contributed by atoms with Gasteiger partial charge in [0.05, 0.1) is 12.6 Å². The van der Waals surface area contributed by atoms with E-state index in [0.717, 1.165) is 28.5 Å². The molecule has 2 amide bonds. The predicted octanol–water partition coefficient (Wildman–Crippen LogP) is 4.30. The molecule has 1 aliphatic heterocycles. The Bertz CT molecular complexity index is 1150. The predicted molar refractivity (Wildman–Crippen MR) is 130 cm³/mol. The molecule has 0 saturated carbocycles. The minimum Gasteiger partial charge on any atom is -0.379 e. The van der Waals surface area contributed by atoms with Crippen molar-refractivity contribution in [3.8, 4) is 0 Å². The van der Waals surface area contributed by atoms with Crippen LogP contribution in [0.15, 0.2) is 54.6 Å². The van der Waals surface area contributed by atoms with Crippen molar-refractivity contribution in [2.75, 3.05) is 13.2 Å². The molecule has 0 unspecified atom stereocenters. The summed E-state index contributed by atoms with van der Waals surface area (Å²) in [5, 5.41) is 4.06. The lowest BCUT2D eigenvalue weighted by molar-refractivity contribution is -0.133. The summed E-state index contributed by atoms with van der Waals surface area (Å²) in [7, 11) is 0. The van der Waals surface area contributed by atoms with E-state index in [4.69, 9.17) is 4.74 Å². The van der Waals surface area contributed by atoms with Crippen LogP contribution in [0.3, 0.4) is 0 Å². The van der Waals surface area contributed by atoms with Crippen LogP contribution < -0.4 is 5.32 Å². The molecule has 0 aliphatic carbocycles. The summed E-state index contributed by atoms with van der Waals surface area (Å²) in [5.41, 5.74) is 2.74. The third-order valence-corrected chi connectivity index (χ3v) is 6.34. The van der Waals surface area contributed by atoms with Gasteiger partial charge in [-0.25, -0.2) is 0 Å². The summed E-state index contributed by atoms with van der Waals surface area (Å²) in [5.74, 6) is -0.269. The van der Waals surface area contributed by atoms with E-state index in [9.17, 15) is 9.59 Å². The molecule has 2 heterocycles. The van der Waals surface area contributed by atoms with Crippen molar-refractivity contribution in [3.63, 3.8) is 0 Å². The first kappa shape index (κ1) is 23.1. The molecule has 2 aromatic carbocycles. The number of aryl methyl sites for hydroxylation is 1. The molecular formula is C27H33N3O3. The van der Waals surface area contributed by atoms with Gasteiger partial charge in [0, 0.05) is 30.6 Å². The Kier molecular flexibility index (Phi) is 6.56. The summed E-state index contributed by atoms with van der Waals surface area (Å²) in [6.45, 7) is 9.78. The lowest BCUT2D eigenvalue weighted by Gasteiger charge is -2.44. The Morgan fingerprint density at radius 1 is 1.15 bits per heavy atom. The van der Waals surface area contributed by atoms with E-state index in [1.54, 1.807) is 4.90 Å². The number of benzene rings is 2. The SMILES string of the molecule is Cc1ccc(CN2C(=O)c3cc4ccccc4n3C[C@@]2(C)C(=O)NCCCOC(C)C)cc1. The van der Waals surface area contributed by atoms with Crippen LogP contribution in [-0.2, 0) is 22.6 Å². The first-order valence-electron chi connectivity index (χ1n) is 11.7. The second-order valence-electron chi connectivity index (χ2n) is 9.35. The first-order chi connectivity index (χ1) is 15.8. The minimum atomic E-state index is -1.02. The topological polar surface area (TPSA) is 63.6 Å². The minimum absolute atomic E-state index is 0.126. The van der Waals surface area contributed by atoms with Crippen molar-refractivity contribution in [2.24, 2.45) is 0 Å². The number of nitrogens with one attached hydrogen (secondary N) is 1. The third-order valence-electron chi connectivity index (χ3n) is 6.34. The quantitative estimate of drug-likeness (QED) is 0.524. The molecule has 174 valence electrons. The molecular weight excluding hydrogens is 414 g/mol. The number of hydrogen-bond donors (Lipinski definition) is 1. The van der Waals surface area contributed by atoms with E-state index >= 15 is 0 Å². The highest BCUT2D eigenvalue weighted by molar-refractivity contribution is 6.03. The third kappa shape index (κ3) is 4.67. The Morgan fingerprint density at radius 3 is 2.61 bits per heavy atom. The number of nitrogens with zero attached hydrogens (tertiary/aromatic N) is 2. The van der Waals surface area contributed by atoms with Crippen LogP contribution in [0.1, 0.15) is 48.8 Å². The molecule has 1 N–H and O–H groups in total. The van der Waals surface area contributed by atoms with Crippen molar-refractivity contribution < 1.29 is 14.3 Å². The molecule has 3 aromatic rings. The number of carbonyl (C=O) groups is 2. The zero-order chi connectivity index (χ0) is 23.6. The second-order valence-corrected chi connectivity index (χ2v) is 9.35. The van der Waals surface area contributed by atoms with E-state index in [0.29, 0.717) is 31.9 Å². The average molecular weight is 448 g/mol. The highest BCUT2D eigenvalue weighted by Crippen LogP contribution is 2.33. The average Bonchev–Trinajstić information content (AvgIpc) is 3.16. The van der Waals surface area contributed by atoms with Gasteiger partial charge in [0.15, 0.2) is 0 Å². The van der Waals surface area contributed by atoms with Crippen LogP contribution in [0.4, 0.5) is 0 Å². The number of hydrogen-bond acceptors (Lipinski definition) is 3. The number of ether oxygens (including phenoxy) is 1. The smallest absolute Gasteiger partial charge is 0.271 e. The van der Waals surface area contributed by atoms with Crippen LogP contribution in [0.5, 0.6) is 0 Å². The molecule has 4 rings (SSSR count). The van der Waals surface area contributed by atoms with Gasteiger partial charge in [-0.15, -0.1) is 0 Å². The fraction of sp³-hybridized carbons (Fsp3) is 0.407. The normalized spacial score (nSPS) is 18.1. The van der Waals surface area contributed by atoms with Crippen LogP contribution in [-0.4, -0.2) is 46.1 Å². The van der Waals surface area contributed by atoms with Crippen LogP contribution >= 0.6 is 0 Å². The maximum Gasteiger partial charge on any atom is 0.271 e. The molecule has 6 nitrogen and oxygen atoms in total. The van der Waals surface area contributed by atoms with Gasteiger partial charge in [-0.2, -0.15) is 0 Å². The number of carbonyl (C=O) groups excluding carboxylic acids is 2. The molecule has 1 atom stereocenters. The summed E-state index contributed by atoms with van der Waals surface area (Å²) < 4.78 is 7.58. The van der Waals surface area contributed by atoms with E-state index in [2.05, 4.69) is 5.32 Å². The van der Waals surface area contributed by atoms with E-state index in [1.165, 1.54) is 0 Å². The van der Waals surface area contributed by atoms with Crippen molar-refractivity contribution in [1.82, 2.24) is 14.8 Å². The number of fused-ring (bicyclic) bond motifs is 3. The standard InChI is InChI=1S/C27H33N3O3/c1-19(2)33-15-7-14-28-26(32)27(4)18-29-23-9-6-5-8-22(23)16-24(29)25(31)30(27)17-21-12-10-20(3)11-13-21/h5-6,8-13,16,19H,7,14-15,17-18H2,1-4H3,(H,28,32)/t27-/m0/s1. The van der Waals surface area contributed by atoms with Crippen molar-refractivity contribution in [2.45, 2.75) is 58.8 Å². The van der Waals surface area contributed by atoms with Crippen LogP contribution in [0.2, 0.25) is 0 Å². The number of amides is 2. The van der Waals surface area contributed by atoms with Gasteiger partial charge >= 0.3 is 0 Å². The lowest BCUT2D eigenvalue weighted by Crippen LogP contribution is -2.63. The van der Waals surface area contributed by atoms with Crippen molar-refractivity contribution >= 4 is 22.7 Å². The van der Waals surface area contributed by atoms with Gasteiger partial charge in [-0.05, 0) is 51.8 Å². The van der Waals surface area contributed by atoms with E-state index in [1.807, 2.05) is 86.9 Å². The Morgan fingerprint density at radius 2 is 1.88 bits per heavy atom. The molecule has 1 aliphatic rings. The molecule has 0 radical (unpaired) electrons. The monoisotopic (exact) mass is 447 g/mol. The molecule has 0 spiro atoms. The summed E-state index contributed by atoms with van der Waals surface area (Å²) in [4.78, 5) is 29.0. The molecule has 33 heavy (non-hydrogen) atoms. The van der Waals surface area contributed by atoms with Crippen molar-refractivity contribution in [3.05, 3.63) is 71.4 Å². The van der Waals surface area contributed by atoms with Crippen LogP contribution in [0, 0.1) is 6.92 Å². The fourth-order valence-electron chi connectivity index (χ4n) is 4.41. The van der Waals surface area contributed by atoms with E-state index in [-0.39, 0.29) is 17.9 Å². The highest BCUT2D eigenvalue weighted by Gasteiger charge is 2.47. The van der Waals surface area contributed by atoms with Gasteiger partial charge in [0.1, 0.15) is 11.2 Å². The summed E-state index contributed by atoms with van der Waals surface area (Å²) in [6.07, 6.45) is 0.892. The number of aromatic nitrogens is 1. The maximum absolute atomic E-state index is 13.7. The van der Waals surface area contributed by atoms with Gasteiger partial charge in [-0.1, -0.05) is 48.0 Å². The van der Waals surface area contributed by atoms with Crippen molar-refractivity contribution in [1.29, 1.82) is 0 Å². The summed E-state index contributed by atoms with van der Waals surface area (Å²) >= 11 is 0. The van der Waals surface area contributed by atoms with Gasteiger partial charge in [-0.3, -0.25) is 9.59 Å². The van der Waals surface area contributed by atoms with E-state index < -0.39 is 5.54 Å². The second kappa shape index (κ2) is 9.40. The highest BCUT2D eigenvalue weighted by atomic mass is 16.5. The Labute approximate surface area is 195 Å². The molecule has 6 heteroatoms. The Balaban J connectivity index is 1.64. The Hall–Kier alpha value is -3.12. The molecule has 0 bridgehead atoms. The zero-order valence-corrected chi connectivity index (χ0v) is 19.9. The van der Waals surface area contributed by atoms with Gasteiger partial charge in [0.2, 0.25) is 5.91 Å².